The van der Waals surface area contributed by atoms with Crippen LogP contribution in [-0.2, 0) is 9.59 Å². The number of carbonyl (C=O) groups is 2. The highest BCUT2D eigenvalue weighted by atomic mass is 35.5. The van der Waals surface area contributed by atoms with Crippen LogP contribution in [0.25, 0.3) is 0 Å². The van der Waals surface area contributed by atoms with Crippen LogP contribution in [0.4, 0.5) is 11.4 Å². The van der Waals surface area contributed by atoms with Crippen molar-refractivity contribution in [3.05, 3.63) is 52.5 Å². The summed E-state index contributed by atoms with van der Waals surface area (Å²) in [6, 6.07) is 12.1. The van der Waals surface area contributed by atoms with Gasteiger partial charge in [0.15, 0.2) is 0 Å². The smallest absolute Gasteiger partial charge is 0.229 e. The molecule has 1 atom stereocenters. The van der Waals surface area contributed by atoms with Crippen LogP contribution in [0.1, 0.15) is 13.3 Å². The lowest BCUT2D eigenvalue weighted by atomic mass is 10.1. The Hall–Kier alpha value is -2.24. The minimum Gasteiger partial charge on any atom is -0.494 e. The molecular formula is C19H18Cl2N2O3. The molecule has 1 unspecified atom stereocenters. The first-order chi connectivity index (χ1) is 12.5. The first-order valence-corrected chi connectivity index (χ1v) is 9.02. The predicted molar refractivity (Wildman–Crippen MR) is 103 cm³/mol. The van der Waals surface area contributed by atoms with Crippen molar-refractivity contribution in [3.63, 3.8) is 0 Å². The Balaban J connectivity index is 1.68. The maximum absolute atomic E-state index is 12.5. The van der Waals surface area contributed by atoms with Gasteiger partial charge < -0.3 is 15.0 Å². The quantitative estimate of drug-likeness (QED) is 0.820. The van der Waals surface area contributed by atoms with Crippen LogP contribution in [0.5, 0.6) is 5.75 Å². The highest BCUT2D eigenvalue weighted by Gasteiger charge is 2.35. The molecule has 0 saturated carbocycles. The third kappa shape index (κ3) is 4.11. The fraction of sp³-hybridized carbons (Fsp3) is 0.263. The Morgan fingerprint density at radius 3 is 2.65 bits per heavy atom. The van der Waals surface area contributed by atoms with Crippen molar-refractivity contribution in [3.8, 4) is 5.75 Å². The van der Waals surface area contributed by atoms with Gasteiger partial charge in [0.2, 0.25) is 11.8 Å². The number of ether oxygens (including phenoxy) is 1. The minimum absolute atomic E-state index is 0.0912. The Morgan fingerprint density at radius 1 is 1.23 bits per heavy atom. The second kappa shape index (κ2) is 7.98. The van der Waals surface area contributed by atoms with Gasteiger partial charge in [0.25, 0.3) is 0 Å². The summed E-state index contributed by atoms with van der Waals surface area (Å²) < 4.78 is 5.41. The lowest BCUT2D eigenvalue weighted by molar-refractivity contribution is -0.122. The topological polar surface area (TPSA) is 58.6 Å². The van der Waals surface area contributed by atoms with E-state index >= 15 is 0 Å². The van der Waals surface area contributed by atoms with E-state index in [0.29, 0.717) is 28.9 Å². The number of halogens is 2. The van der Waals surface area contributed by atoms with Crippen molar-refractivity contribution in [1.82, 2.24) is 0 Å². The molecule has 136 valence electrons. The SMILES string of the molecule is CCOc1ccc(N2CC(C(=O)Nc3cc(Cl)ccc3Cl)CC2=O)cc1. The van der Waals surface area contributed by atoms with E-state index in [-0.39, 0.29) is 18.2 Å². The predicted octanol–water partition coefficient (Wildman–Crippen LogP) is 4.38. The van der Waals surface area contributed by atoms with Crippen LogP contribution in [-0.4, -0.2) is 25.0 Å². The highest BCUT2D eigenvalue weighted by molar-refractivity contribution is 6.35. The zero-order valence-electron chi connectivity index (χ0n) is 14.2. The number of nitrogens with one attached hydrogen (secondary N) is 1. The lowest BCUT2D eigenvalue weighted by Crippen LogP contribution is -2.28. The van der Waals surface area contributed by atoms with Crippen LogP contribution in [0.2, 0.25) is 10.0 Å². The molecule has 7 heteroatoms. The molecule has 2 aromatic rings. The van der Waals surface area contributed by atoms with Crippen molar-refractivity contribution >= 4 is 46.4 Å². The van der Waals surface area contributed by atoms with Gasteiger partial charge in [0.05, 0.1) is 23.2 Å². The Morgan fingerprint density at radius 2 is 1.96 bits per heavy atom. The van der Waals surface area contributed by atoms with Gasteiger partial charge in [-0.2, -0.15) is 0 Å². The van der Waals surface area contributed by atoms with Gasteiger partial charge in [-0.25, -0.2) is 0 Å². The number of amides is 2. The van der Waals surface area contributed by atoms with E-state index in [0.717, 1.165) is 11.4 Å². The summed E-state index contributed by atoms with van der Waals surface area (Å²) in [5, 5.41) is 3.63. The molecule has 2 amide bonds. The number of benzene rings is 2. The average molecular weight is 393 g/mol. The fourth-order valence-corrected chi connectivity index (χ4v) is 3.19. The number of rotatable bonds is 5. The molecule has 0 aliphatic carbocycles. The molecule has 1 heterocycles. The molecule has 1 N–H and O–H groups in total. The Kier molecular flexibility index (Phi) is 5.69. The van der Waals surface area contributed by atoms with Gasteiger partial charge >= 0.3 is 0 Å². The van der Waals surface area contributed by atoms with Gasteiger partial charge in [-0.3, -0.25) is 9.59 Å². The van der Waals surface area contributed by atoms with E-state index < -0.39 is 5.92 Å². The van der Waals surface area contributed by atoms with Crippen LogP contribution in [0.15, 0.2) is 42.5 Å². The summed E-state index contributed by atoms with van der Waals surface area (Å²) in [6.45, 7) is 2.81. The van der Waals surface area contributed by atoms with E-state index in [1.54, 1.807) is 23.1 Å². The molecule has 0 radical (unpaired) electrons. The summed E-state index contributed by atoms with van der Waals surface area (Å²) in [5.74, 6) is -0.0562. The van der Waals surface area contributed by atoms with E-state index in [9.17, 15) is 9.59 Å². The summed E-state index contributed by atoms with van der Waals surface area (Å²) in [5.41, 5.74) is 1.19. The highest BCUT2D eigenvalue weighted by Crippen LogP contribution is 2.30. The number of hydrogen-bond acceptors (Lipinski definition) is 3. The van der Waals surface area contributed by atoms with Crippen molar-refractivity contribution in [2.75, 3.05) is 23.4 Å². The normalized spacial score (nSPS) is 16.7. The van der Waals surface area contributed by atoms with Gasteiger partial charge in [-0.1, -0.05) is 23.2 Å². The molecule has 3 rings (SSSR count). The van der Waals surface area contributed by atoms with Crippen LogP contribution < -0.4 is 15.0 Å². The van der Waals surface area contributed by atoms with Gasteiger partial charge in [0.1, 0.15) is 5.75 Å². The van der Waals surface area contributed by atoms with E-state index in [1.807, 2.05) is 31.2 Å². The van der Waals surface area contributed by atoms with E-state index in [2.05, 4.69) is 5.32 Å². The zero-order chi connectivity index (χ0) is 18.7. The molecule has 1 fully saturated rings. The van der Waals surface area contributed by atoms with Crippen molar-refractivity contribution < 1.29 is 14.3 Å². The number of hydrogen-bond donors (Lipinski definition) is 1. The van der Waals surface area contributed by atoms with Crippen LogP contribution >= 0.6 is 23.2 Å². The van der Waals surface area contributed by atoms with Gasteiger partial charge in [-0.05, 0) is 49.4 Å². The molecular weight excluding hydrogens is 375 g/mol. The van der Waals surface area contributed by atoms with Gasteiger partial charge in [-0.15, -0.1) is 0 Å². The molecule has 1 saturated heterocycles. The first-order valence-electron chi connectivity index (χ1n) is 8.27. The third-order valence-electron chi connectivity index (χ3n) is 4.14. The second-order valence-electron chi connectivity index (χ2n) is 5.95. The van der Waals surface area contributed by atoms with Gasteiger partial charge in [0, 0.05) is 23.7 Å². The van der Waals surface area contributed by atoms with Crippen LogP contribution in [0.3, 0.4) is 0 Å². The maximum Gasteiger partial charge on any atom is 0.229 e. The molecule has 26 heavy (non-hydrogen) atoms. The summed E-state index contributed by atoms with van der Waals surface area (Å²) in [4.78, 5) is 26.5. The molecule has 0 bridgehead atoms. The van der Waals surface area contributed by atoms with E-state index in [4.69, 9.17) is 27.9 Å². The standard InChI is InChI=1S/C19H18Cl2N2O3/c1-2-26-15-6-4-14(5-7-15)23-11-12(9-18(23)24)19(25)22-17-10-13(20)3-8-16(17)21/h3-8,10,12H,2,9,11H2,1H3,(H,22,25). The van der Waals surface area contributed by atoms with Crippen molar-refractivity contribution in [2.24, 2.45) is 5.92 Å². The maximum atomic E-state index is 12.5. The number of carbonyl (C=O) groups excluding carboxylic acids is 2. The second-order valence-corrected chi connectivity index (χ2v) is 6.79. The summed E-state index contributed by atoms with van der Waals surface area (Å²) >= 11 is 12.0. The Bertz CT molecular complexity index is 824. The van der Waals surface area contributed by atoms with Crippen LogP contribution in [0, 0.1) is 5.92 Å². The number of anilines is 2. The molecule has 1 aliphatic rings. The van der Waals surface area contributed by atoms with Crippen molar-refractivity contribution in [1.29, 1.82) is 0 Å². The molecule has 2 aromatic carbocycles. The average Bonchev–Trinajstić information content (AvgIpc) is 3.01. The first kappa shape index (κ1) is 18.5. The fourth-order valence-electron chi connectivity index (χ4n) is 2.85. The summed E-state index contributed by atoms with van der Waals surface area (Å²) in [6.07, 6.45) is 0.150. The summed E-state index contributed by atoms with van der Waals surface area (Å²) in [7, 11) is 0. The monoisotopic (exact) mass is 392 g/mol. The van der Waals surface area contributed by atoms with Crippen molar-refractivity contribution in [2.45, 2.75) is 13.3 Å². The Labute approximate surface area is 161 Å². The third-order valence-corrected chi connectivity index (χ3v) is 4.71. The molecule has 0 spiro atoms. The number of nitrogens with zero attached hydrogens (tertiary/aromatic N) is 1. The largest absolute Gasteiger partial charge is 0.494 e. The molecule has 0 aromatic heterocycles. The molecule has 5 nitrogen and oxygen atoms in total. The zero-order valence-corrected chi connectivity index (χ0v) is 15.7. The lowest BCUT2D eigenvalue weighted by Gasteiger charge is -2.17. The molecule has 1 aliphatic heterocycles. The minimum atomic E-state index is -0.455. The van der Waals surface area contributed by atoms with E-state index in [1.165, 1.54) is 0 Å².